The van der Waals surface area contributed by atoms with Gasteiger partial charge in [-0.2, -0.15) is 0 Å². The van der Waals surface area contributed by atoms with Crippen molar-refractivity contribution in [2.45, 2.75) is 6.92 Å². The topological polar surface area (TPSA) is 95.6 Å². The van der Waals surface area contributed by atoms with Gasteiger partial charge in [0.1, 0.15) is 0 Å². The Hall–Kier alpha value is -4.00. The molecule has 0 spiro atoms. The lowest BCUT2D eigenvalue weighted by Gasteiger charge is -2.10. The number of aromatic amines is 1. The summed E-state index contributed by atoms with van der Waals surface area (Å²) in [6.45, 7) is 1.49. The van der Waals surface area contributed by atoms with Gasteiger partial charge in [-0.25, -0.2) is 4.98 Å². The summed E-state index contributed by atoms with van der Waals surface area (Å²) < 4.78 is 0. The Labute approximate surface area is 159 Å². The zero-order valence-corrected chi connectivity index (χ0v) is 15.0. The monoisotopic (exact) mass is 368 g/mol. The molecule has 0 aliphatic heterocycles. The van der Waals surface area contributed by atoms with E-state index >= 15 is 0 Å². The number of hydrogen-bond acceptors (Lipinski definition) is 5. The zero-order valence-electron chi connectivity index (χ0n) is 15.0. The fraction of sp³-hybridized carbons (Fsp3) is 0.0476. The molecule has 0 saturated carbocycles. The summed E-state index contributed by atoms with van der Waals surface area (Å²) in [4.78, 5) is 28.0. The zero-order chi connectivity index (χ0) is 19.1. The van der Waals surface area contributed by atoms with Crippen molar-refractivity contribution in [3.8, 4) is 0 Å². The first-order valence-electron chi connectivity index (χ1n) is 8.83. The molecule has 1 amide bonds. The molecule has 0 bridgehead atoms. The van der Waals surface area contributed by atoms with E-state index < -0.39 is 0 Å². The first-order valence-corrected chi connectivity index (χ1v) is 8.83. The number of carbonyl (C=O) groups is 1. The maximum atomic E-state index is 11.3. The summed E-state index contributed by atoms with van der Waals surface area (Å²) in [6, 6.07) is 11.5. The number of carbonyl (C=O) groups excluding carboxylic acids is 1. The van der Waals surface area contributed by atoms with Crippen LogP contribution < -0.4 is 10.6 Å². The van der Waals surface area contributed by atoms with Gasteiger partial charge in [0.15, 0.2) is 5.82 Å². The highest BCUT2D eigenvalue weighted by Crippen LogP contribution is 2.35. The van der Waals surface area contributed by atoms with Crippen LogP contribution in [-0.4, -0.2) is 25.8 Å². The van der Waals surface area contributed by atoms with Gasteiger partial charge in [-0.15, -0.1) is 0 Å². The molecule has 0 saturated heterocycles. The Morgan fingerprint density at radius 1 is 1.00 bits per heavy atom. The molecule has 0 aliphatic rings. The van der Waals surface area contributed by atoms with Crippen molar-refractivity contribution in [3.05, 3.63) is 61.2 Å². The molecule has 0 radical (unpaired) electrons. The number of nitrogens with one attached hydrogen (secondary N) is 3. The minimum Gasteiger partial charge on any atom is -0.350 e. The Bertz CT molecular complexity index is 1360. The highest BCUT2D eigenvalue weighted by molar-refractivity contribution is 6.21. The van der Waals surface area contributed by atoms with E-state index in [9.17, 15) is 4.79 Å². The van der Waals surface area contributed by atoms with Crippen LogP contribution in [0.4, 0.5) is 17.2 Å². The predicted molar refractivity (Wildman–Crippen MR) is 111 cm³/mol. The second kappa shape index (κ2) is 6.31. The summed E-state index contributed by atoms with van der Waals surface area (Å²) in [5.74, 6) is 0.573. The van der Waals surface area contributed by atoms with Crippen LogP contribution in [-0.2, 0) is 4.79 Å². The number of rotatable bonds is 3. The summed E-state index contributed by atoms with van der Waals surface area (Å²) >= 11 is 0. The van der Waals surface area contributed by atoms with Crippen molar-refractivity contribution in [2.75, 3.05) is 10.6 Å². The average Bonchev–Trinajstić information content (AvgIpc) is 3.08. The van der Waals surface area contributed by atoms with Crippen LogP contribution in [0.25, 0.3) is 32.7 Å². The minimum absolute atomic E-state index is 0.113. The second-order valence-corrected chi connectivity index (χ2v) is 6.54. The van der Waals surface area contributed by atoms with Crippen molar-refractivity contribution in [1.29, 1.82) is 0 Å². The van der Waals surface area contributed by atoms with E-state index in [0.717, 1.165) is 44.1 Å². The maximum absolute atomic E-state index is 11.3. The van der Waals surface area contributed by atoms with Crippen LogP contribution in [0.5, 0.6) is 0 Å². The van der Waals surface area contributed by atoms with Crippen molar-refractivity contribution in [1.82, 2.24) is 19.9 Å². The molecule has 1 aromatic carbocycles. The van der Waals surface area contributed by atoms with E-state index in [4.69, 9.17) is 4.98 Å². The Morgan fingerprint density at radius 2 is 1.79 bits per heavy atom. The van der Waals surface area contributed by atoms with Gasteiger partial charge < -0.3 is 15.6 Å². The molecule has 3 N–H and O–H groups in total. The lowest BCUT2D eigenvalue weighted by molar-refractivity contribution is -0.114. The Balaban J connectivity index is 1.72. The van der Waals surface area contributed by atoms with E-state index in [-0.39, 0.29) is 5.91 Å². The number of aromatic nitrogens is 4. The highest BCUT2D eigenvalue weighted by atomic mass is 16.1. The number of benzene rings is 1. The molecular formula is C21H16N6O. The SMILES string of the molecule is CC(=O)Nc1cccc(Nc2nc3cnccc3c3c2[nH]c2cnccc23)c1. The molecule has 5 rings (SSSR count). The van der Waals surface area contributed by atoms with E-state index in [2.05, 4.69) is 25.6 Å². The normalized spacial score (nSPS) is 11.2. The van der Waals surface area contributed by atoms with E-state index in [1.54, 1.807) is 18.6 Å². The van der Waals surface area contributed by atoms with Gasteiger partial charge in [-0.3, -0.25) is 14.8 Å². The number of amides is 1. The van der Waals surface area contributed by atoms with Gasteiger partial charge in [0, 0.05) is 46.9 Å². The van der Waals surface area contributed by atoms with Gasteiger partial charge in [0.05, 0.1) is 28.9 Å². The van der Waals surface area contributed by atoms with Gasteiger partial charge >= 0.3 is 0 Å². The van der Waals surface area contributed by atoms with Gasteiger partial charge in [0.2, 0.25) is 5.91 Å². The molecule has 136 valence electrons. The summed E-state index contributed by atoms with van der Waals surface area (Å²) in [6.07, 6.45) is 7.12. The molecule has 0 atom stereocenters. The fourth-order valence-electron chi connectivity index (χ4n) is 3.47. The molecule has 0 fully saturated rings. The standard InChI is InChI=1S/C21H16N6O/c1-12(28)24-13-3-2-4-14(9-13)25-21-20-19(15-5-7-22-10-17(15)26-20)16-6-8-23-11-18(16)27-21/h2-11,26H,1H3,(H,24,28)(H,25,27). The maximum Gasteiger partial charge on any atom is 0.221 e. The van der Waals surface area contributed by atoms with Crippen LogP contribution in [0, 0.1) is 0 Å². The van der Waals surface area contributed by atoms with Crippen LogP contribution in [0.2, 0.25) is 0 Å². The average molecular weight is 368 g/mol. The molecular weight excluding hydrogens is 352 g/mol. The van der Waals surface area contributed by atoms with Crippen molar-refractivity contribution < 1.29 is 4.79 Å². The van der Waals surface area contributed by atoms with E-state index in [1.165, 1.54) is 6.92 Å². The molecule has 5 aromatic rings. The number of pyridine rings is 3. The second-order valence-electron chi connectivity index (χ2n) is 6.54. The molecule has 28 heavy (non-hydrogen) atoms. The fourth-order valence-corrected chi connectivity index (χ4v) is 3.47. The molecule has 0 unspecified atom stereocenters. The first kappa shape index (κ1) is 16.2. The Kier molecular flexibility index (Phi) is 3.65. The number of nitrogens with zero attached hydrogens (tertiary/aromatic N) is 3. The third-order valence-corrected chi connectivity index (χ3v) is 4.58. The lowest BCUT2D eigenvalue weighted by atomic mass is 10.1. The third-order valence-electron chi connectivity index (χ3n) is 4.58. The van der Waals surface area contributed by atoms with Crippen LogP contribution in [0.15, 0.2) is 61.2 Å². The smallest absolute Gasteiger partial charge is 0.221 e. The number of hydrogen-bond donors (Lipinski definition) is 3. The molecule has 4 heterocycles. The van der Waals surface area contributed by atoms with Crippen LogP contribution in [0.1, 0.15) is 6.92 Å². The van der Waals surface area contributed by atoms with Gasteiger partial charge in [-0.1, -0.05) is 6.07 Å². The highest BCUT2D eigenvalue weighted by Gasteiger charge is 2.14. The molecule has 7 heteroatoms. The molecule has 7 nitrogen and oxygen atoms in total. The van der Waals surface area contributed by atoms with Crippen molar-refractivity contribution in [3.63, 3.8) is 0 Å². The van der Waals surface area contributed by atoms with Crippen LogP contribution >= 0.6 is 0 Å². The van der Waals surface area contributed by atoms with Gasteiger partial charge in [0.25, 0.3) is 0 Å². The predicted octanol–water partition coefficient (Wildman–Crippen LogP) is 4.36. The molecule has 0 aliphatic carbocycles. The number of anilines is 3. The lowest BCUT2D eigenvalue weighted by Crippen LogP contribution is -2.06. The minimum atomic E-state index is -0.113. The van der Waals surface area contributed by atoms with E-state index in [1.807, 2.05) is 42.6 Å². The quantitative estimate of drug-likeness (QED) is 0.440. The summed E-state index contributed by atoms with van der Waals surface area (Å²) in [7, 11) is 0. The van der Waals surface area contributed by atoms with Crippen molar-refractivity contribution >= 4 is 55.8 Å². The Morgan fingerprint density at radius 3 is 2.64 bits per heavy atom. The third kappa shape index (κ3) is 2.69. The number of fused-ring (bicyclic) bond motifs is 5. The number of H-pyrrole nitrogens is 1. The summed E-state index contributed by atoms with van der Waals surface area (Å²) in [5, 5.41) is 9.35. The largest absolute Gasteiger partial charge is 0.350 e. The van der Waals surface area contributed by atoms with E-state index in [0.29, 0.717) is 5.82 Å². The van der Waals surface area contributed by atoms with Gasteiger partial charge in [-0.05, 0) is 30.3 Å². The van der Waals surface area contributed by atoms with Crippen molar-refractivity contribution in [2.24, 2.45) is 0 Å². The van der Waals surface area contributed by atoms with Crippen LogP contribution in [0.3, 0.4) is 0 Å². The summed E-state index contributed by atoms with van der Waals surface area (Å²) in [5.41, 5.74) is 4.18. The first-order chi connectivity index (χ1) is 13.7. The molecule has 4 aromatic heterocycles.